The number of anilines is 1. The number of halogens is 1. The summed E-state index contributed by atoms with van der Waals surface area (Å²) < 4.78 is 36.3. The van der Waals surface area contributed by atoms with Crippen LogP contribution in [0.3, 0.4) is 0 Å². The van der Waals surface area contributed by atoms with Gasteiger partial charge in [0.25, 0.3) is 11.7 Å². The zero-order chi connectivity index (χ0) is 44.1. The lowest BCUT2D eigenvalue weighted by molar-refractivity contribution is -0.160. The van der Waals surface area contributed by atoms with Crippen molar-refractivity contribution in [2.45, 2.75) is 85.6 Å². The van der Waals surface area contributed by atoms with Crippen LogP contribution in [0.4, 0.5) is 5.69 Å². The van der Waals surface area contributed by atoms with Crippen LogP contribution in [0.15, 0.2) is 62.0 Å². The van der Waals surface area contributed by atoms with E-state index in [9.17, 15) is 34.5 Å². The van der Waals surface area contributed by atoms with Crippen molar-refractivity contribution in [3.63, 3.8) is 0 Å². The number of aliphatic hydroxyl groups is 2. The maximum absolute atomic E-state index is 14.6. The third-order valence-corrected chi connectivity index (χ3v) is 12.0. The average Bonchev–Trinajstić information content (AvgIpc) is 3.47. The van der Waals surface area contributed by atoms with Gasteiger partial charge in [-0.05, 0) is 32.1 Å². The number of methoxy groups -OCH3 is 2. The molecule has 3 heterocycles. The first-order valence-electron chi connectivity index (χ1n) is 19.4. The van der Waals surface area contributed by atoms with Gasteiger partial charge < -0.3 is 48.7 Å². The minimum absolute atomic E-state index is 0.0225. The molecule has 6 rings (SSSR count). The normalized spacial score (nSPS) is 29.8. The molecule has 16 heteroatoms. The highest BCUT2D eigenvalue weighted by Gasteiger charge is 2.49. The summed E-state index contributed by atoms with van der Waals surface area (Å²) in [7, 11) is 2.87. The van der Waals surface area contributed by atoms with E-state index in [1.807, 2.05) is 0 Å². The number of carbonyl (C=O) groups is 3. The molecule has 60 heavy (non-hydrogen) atoms. The van der Waals surface area contributed by atoms with Crippen LogP contribution >= 0.6 is 15.9 Å². The number of rotatable bonds is 3. The number of phenols is 1. The van der Waals surface area contributed by atoms with Crippen molar-refractivity contribution >= 4 is 72.2 Å². The van der Waals surface area contributed by atoms with E-state index in [1.165, 1.54) is 60.3 Å². The fourth-order valence-corrected chi connectivity index (χ4v) is 8.42. The van der Waals surface area contributed by atoms with Crippen LogP contribution in [-0.4, -0.2) is 82.4 Å². The number of aromatic nitrogens is 1. The molecular weight excluding hydrogens is 844 g/mol. The summed E-state index contributed by atoms with van der Waals surface area (Å²) in [5.74, 6) is -7.05. The van der Waals surface area contributed by atoms with E-state index in [-0.39, 0.29) is 66.9 Å². The summed E-state index contributed by atoms with van der Waals surface area (Å²) in [5, 5.41) is 37.2. The smallest absolute Gasteiger partial charge is 0.312 e. The summed E-state index contributed by atoms with van der Waals surface area (Å²) >= 11 is 3.44. The van der Waals surface area contributed by atoms with E-state index in [2.05, 4.69) is 21.2 Å². The molecule has 1 amide bonds. The van der Waals surface area contributed by atoms with Crippen LogP contribution in [0.1, 0.15) is 64.4 Å². The number of phenolic OH excluding ortho intramolecular Hbond substituents is 1. The Kier molecular flexibility index (Phi) is 12.5. The Labute approximate surface area is 354 Å². The van der Waals surface area contributed by atoms with Gasteiger partial charge in [-0.15, -0.1) is 0 Å². The molecule has 0 saturated carbocycles. The number of benzene rings is 3. The molecule has 0 fully saturated rings. The molecule has 1 aromatic heterocycles. The monoisotopic (exact) mass is 892 g/mol. The van der Waals surface area contributed by atoms with Gasteiger partial charge in [-0.2, -0.15) is 0 Å². The Balaban J connectivity index is 1.62. The van der Waals surface area contributed by atoms with Crippen LogP contribution in [-0.2, 0) is 23.8 Å². The molecule has 4 bridgehead atoms. The number of nitrogens with one attached hydrogen (secondary N) is 1. The van der Waals surface area contributed by atoms with Crippen LogP contribution in [0.25, 0.3) is 33.0 Å². The number of amides is 1. The number of fused-ring (bicyclic) bond motifs is 2. The van der Waals surface area contributed by atoms with Gasteiger partial charge >= 0.3 is 11.8 Å². The van der Waals surface area contributed by atoms with Gasteiger partial charge in [0.1, 0.15) is 34.3 Å². The first kappa shape index (κ1) is 44.3. The van der Waals surface area contributed by atoms with Crippen molar-refractivity contribution in [2.75, 3.05) is 19.5 Å². The van der Waals surface area contributed by atoms with Crippen molar-refractivity contribution in [3.8, 4) is 17.2 Å². The van der Waals surface area contributed by atoms with Crippen molar-refractivity contribution in [2.24, 2.45) is 23.7 Å². The Bertz CT molecular complexity index is 2560. The molecule has 4 N–H and O–H groups in total. The number of esters is 1. The highest BCUT2D eigenvalue weighted by Crippen LogP contribution is 2.49. The minimum atomic E-state index is -2.05. The summed E-state index contributed by atoms with van der Waals surface area (Å²) in [5.41, 5.74) is -0.805. The van der Waals surface area contributed by atoms with Gasteiger partial charge in [-0.1, -0.05) is 61.9 Å². The van der Waals surface area contributed by atoms with Crippen LogP contribution in [0, 0.1) is 30.6 Å². The molecule has 0 radical (unpaired) electrons. The van der Waals surface area contributed by atoms with Crippen molar-refractivity contribution in [1.82, 2.24) is 4.98 Å². The fraction of sp³-hybridized carbons (Fsp3) is 0.432. The number of carbonyl (C=O) groups excluding carboxylic acids is 3. The maximum atomic E-state index is 14.6. The fourth-order valence-electron chi connectivity index (χ4n) is 8.00. The van der Waals surface area contributed by atoms with Crippen LogP contribution in [0.2, 0.25) is 0 Å². The Morgan fingerprint density at radius 1 is 0.967 bits per heavy atom. The second-order valence-electron chi connectivity index (χ2n) is 15.7. The lowest BCUT2D eigenvalue weighted by atomic mass is 9.78. The SMILES string of the molecule is COc1cc(Br)cc2oc3c4c(O)c5c(=O)c(C)c6c(c5c3nc12)C(=O)[C@@](C)(O/C=C/[C@H](OC)[C@@H](C)[C@@H](OC(C)=O)[C@H](C)[C@H](O)[C@H](C)[C@@H](O)[C@@H](C)/C=C/C=C(/C)C(=O)N4)O6. The first-order chi connectivity index (χ1) is 28.3. The molecule has 0 saturated heterocycles. The predicted molar refractivity (Wildman–Crippen MR) is 226 cm³/mol. The lowest BCUT2D eigenvalue weighted by Crippen LogP contribution is -2.46. The van der Waals surface area contributed by atoms with Crippen molar-refractivity contribution in [3.05, 3.63) is 74.1 Å². The highest BCUT2D eigenvalue weighted by atomic mass is 79.9. The number of Topliss-reactive ketones (excluding diaryl/α,β-unsaturated/α-hetero) is 1. The maximum Gasteiger partial charge on any atom is 0.312 e. The van der Waals surface area contributed by atoms with E-state index >= 15 is 0 Å². The van der Waals surface area contributed by atoms with Gasteiger partial charge in [0, 0.05) is 65.6 Å². The second kappa shape index (κ2) is 17.0. The number of ketones is 1. The lowest BCUT2D eigenvalue weighted by Gasteiger charge is -2.38. The molecule has 4 aromatic rings. The first-order valence-corrected chi connectivity index (χ1v) is 20.2. The number of nitrogens with zero attached hydrogens (tertiary/aromatic N) is 1. The number of hydrogen-bond acceptors (Lipinski definition) is 14. The Hall–Kier alpha value is -5.29. The molecule has 0 aliphatic carbocycles. The summed E-state index contributed by atoms with van der Waals surface area (Å²) in [6.45, 7) is 12.5. The summed E-state index contributed by atoms with van der Waals surface area (Å²) in [4.78, 5) is 60.0. The quantitative estimate of drug-likeness (QED) is 0.0724. The Morgan fingerprint density at radius 2 is 1.67 bits per heavy atom. The summed E-state index contributed by atoms with van der Waals surface area (Å²) in [6.07, 6.45) is 3.55. The van der Waals surface area contributed by atoms with Gasteiger partial charge in [0.2, 0.25) is 0 Å². The molecule has 2 aliphatic rings. The third-order valence-electron chi connectivity index (χ3n) is 11.6. The Morgan fingerprint density at radius 3 is 2.32 bits per heavy atom. The molecule has 0 unspecified atom stereocenters. The molecule has 15 nitrogen and oxygen atoms in total. The number of hydrogen-bond donors (Lipinski definition) is 4. The molecule has 3 aromatic carbocycles. The third kappa shape index (κ3) is 7.77. The number of allylic oxidation sites excluding steroid dienone is 2. The summed E-state index contributed by atoms with van der Waals surface area (Å²) in [6, 6.07) is 3.26. The van der Waals surface area contributed by atoms with E-state index in [1.54, 1.807) is 52.0 Å². The van der Waals surface area contributed by atoms with E-state index < -0.39 is 82.7 Å². The standard InChI is InChI=1S/C44H49BrN2O13/c1-18-12-11-13-19(2)43(54)47-34-38(52)30-29(33-41(34)59-28-17-25(45)16-27(56-10)32(28)46-33)31-40(23(6)37(30)51)60-44(8,42(31)53)57-15-14-26(55-9)20(3)39(58-24(7)48)22(5)36(50)21(4)35(18)49/h11-18,20-22,26,35-36,39,49-50,52H,1-10H3,(H,47,54)/b12-11+,15-14+,19-13-/t18-,20+,21+,22+,26-,35-,36+,39+,44-/m0/s1. The average molecular weight is 894 g/mol. The van der Waals surface area contributed by atoms with Crippen molar-refractivity contribution < 1.29 is 57.8 Å². The van der Waals surface area contributed by atoms with Crippen LogP contribution < -0.4 is 20.2 Å². The predicted octanol–water partition coefficient (Wildman–Crippen LogP) is 6.77. The number of ether oxygens (including phenoxy) is 5. The molecule has 0 spiro atoms. The van der Waals surface area contributed by atoms with Gasteiger partial charge in [-0.3, -0.25) is 19.2 Å². The highest BCUT2D eigenvalue weighted by molar-refractivity contribution is 9.10. The van der Waals surface area contributed by atoms with Gasteiger partial charge in [-0.25, -0.2) is 4.98 Å². The largest absolute Gasteiger partial charge is 0.505 e. The van der Waals surface area contributed by atoms with E-state index in [4.69, 9.17) is 33.1 Å². The number of aliphatic hydroxyl groups excluding tert-OH is 2. The van der Waals surface area contributed by atoms with Crippen LogP contribution in [0.5, 0.6) is 17.2 Å². The second-order valence-corrected chi connectivity index (χ2v) is 16.6. The number of aromatic hydroxyl groups is 1. The van der Waals surface area contributed by atoms with Gasteiger partial charge in [0.15, 0.2) is 22.3 Å². The van der Waals surface area contributed by atoms with E-state index in [0.29, 0.717) is 4.47 Å². The minimum Gasteiger partial charge on any atom is -0.505 e. The van der Waals surface area contributed by atoms with Gasteiger partial charge in [0.05, 0.1) is 42.6 Å². The zero-order valence-corrected chi connectivity index (χ0v) is 36.5. The topological polar surface area (TPSA) is 213 Å². The zero-order valence-electron chi connectivity index (χ0n) is 34.9. The van der Waals surface area contributed by atoms with E-state index in [0.717, 1.165) is 0 Å². The van der Waals surface area contributed by atoms with Crippen molar-refractivity contribution in [1.29, 1.82) is 0 Å². The molecule has 320 valence electrons. The molecule has 2 aliphatic heterocycles. The molecule has 9 atom stereocenters. The molecular formula is C44H49BrN2O13.